The van der Waals surface area contributed by atoms with Crippen molar-refractivity contribution in [2.24, 2.45) is 0 Å². The van der Waals surface area contributed by atoms with Crippen molar-refractivity contribution in [3.63, 3.8) is 0 Å². The maximum Gasteiger partial charge on any atom is 0.573 e. The molecule has 0 radical (unpaired) electrons. The van der Waals surface area contributed by atoms with Gasteiger partial charge in [-0.15, -0.1) is 13.2 Å². The average molecular weight is 397 g/mol. The second-order valence-corrected chi connectivity index (χ2v) is 6.22. The molecule has 2 N–H and O–H groups in total. The molecule has 1 heterocycles. The first-order valence-corrected chi connectivity index (χ1v) is 8.60. The number of aromatic nitrogens is 2. The van der Waals surface area contributed by atoms with Gasteiger partial charge in [-0.3, -0.25) is 9.89 Å². The largest absolute Gasteiger partial charge is 0.573 e. The van der Waals surface area contributed by atoms with Crippen molar-refractivity contribution in [1.29, 1.82) is 0 Å². The molecule has 0 unspecified atom stereocenters. The molecule has 0 aliphatic heterocycles. The van der Waals surface area contributed by atoms with Crippen molar-refractivity contribution in [2.45, 2.75) is 6.36 Å². The summed E-state index contributed by atoms with van der Waals surface area (Å²) in [7, 11) is 0. The van der Waals surface area contributed by atoms with Gasteiger partial charge in [0.25, 0.3) is 5.91 Å². The van der Waals surface area contributed by atoms with E-state index in [1.54, 1.807) is 6.07 Å². The van der Waals surface area contributed by atoms with E-state index in [1.165, 1.54) is 12.1 Å². The molecule has 3 aromatic carbocycles. The Morgan fingerprint density at radius 2 is 1.72 bits per heavy atom. The van der Waals surface area contributed by atoms with Crippen LogP contribution >= 0.6 is 0 Å². The summed E-state index contributed by atoms with van der Waals surface area (Å²) in [5.74, 6) is -0.954. The highest BCUT2D eigenvalue weighted by Crippen LogP contribution is 2.28. The zero-order valence-electron chi connectivity index (χ0n) is 14.8. The second kappa shape index (κ2) is 7.31. The first-order chi connectivity index (χ1) is 13.9. The van der Waals surface area contributed by atoms with Crippen LogP contribution in [-0.2, 0) is 0 Å². The summed E-state index contributed by atoms with van der Waals surface area (Å²) < 4.78 is 40.9. The number of anilines is 1. The van der Waals surface area contributed by atoms with Crippen molar-refractivity contribution in [2.75, 3.05) is 5.32 Å². The molecule has 146 valence electrons. The molecule has 4 aromatic rings. The Morgan fingerprint density at radius 1 is 0.966 bits per heavy atom. The van der Waals surface area contributed by atoms with Crippen molar-refractivity contribution >= 4 is 22.4 Å². The molecule has 8 heteroatoms. The van der Waals surface area contributed by atoms with Crippen LogP contribution in [0.15, 0.2) is 72.8 Å². The van der Waals surface area contributed by atoms with Crippen LogP contribution in [-0.4, -0.2) is 22.5 Å². The normalized spacial score (nSPS) is 11.4. The monoisotopic (exact) mass is 397 g/mol. The van der Waals surface area contributed by atoms with Crippen LogP contribution in [0.1, 0.15) is 10.5 Å². The Morgan fingerprint density at radius 3 is 2.55 bits per heavy atom. The molecule has 1 amide bonds. The van der Waals surface area contributed by atoms with Gasteiger partial charge in [0.05, 0.1) is 5.69 Å². The number of hydrogen-bond acceptors (Lipinski definition) is 3. The molecule has 0 aliphatic carbocycles. The summed E-state index contributed by atoms with van der Waals surface area (Å²) in [5.41, 5.74) is 1.79. The average Bonchev–Trinajstić information content (AvgIpc) is 3.16. The quantitative estimate of drug-likeness (QED) is 0.486. The molecule has 0 spiro atoms. The number of fused-ring (bicyclic) bond motifs is 1. The maximum absolute atomic E-state index is 12.5. The first kappa shape index (κ1) is 18.5. The first-order valence-electron chi connectivity index (χ1n) is 8.60. The van der Waals surface area contributed by atoms with E-state index in [-0.39, 0.29) is 11.4 Å². The Balaban J connectivity index is 1.56. The number of rotatable bonds is 4. The highest BCUT2D eigenvalue weighted by molar-refractivity contribution is 6.04. The van der Waals surface area contributed by atoms with Gasteiger partial charge in [-0.1, -0.05) is 48.5 Å². The van der Waals surface area contributed by atoms with Gasteiger partial charge in [-0.2, -0.15) is 5.10 Å². The third-order valence-corrected chi connectivity index (χ3v) is 4.21. The number of aromatic amines is 1. The molecular weight excluding hydrogens is 383 g/mol. The molecule has 0 aliphatic rings. The van der Waals surface area contributed by atoms with Crippen molar-refractivity contribution in [3.8, 4) is 17.0 Å². The summed E-state index contributed by atoms with van der Waals surface area (Å²) >= 11 is 0. The third-order valence-electron chi connectivity index (χ3n) is 4.21. The van der Waals surface area contributed by atoms with Crippen LogP contribution in [0.25, 0.3) is 22.0 Å². The summed E-state index contributed by atoms with van der Waals surface area (Å²) in [5, 5.41) is 11.4. The van der Waals surface area contributed by atoms with Crippen LogP contribution in [0, 0.1) is 0 Å². The van der Waals surface area contributed by atoms with Gasteiger partial charge in [0, 0.05) is 17.3 Å². The minimum atomic E-state index is -4.81. The van der Waals surface area contributed by atoms with Gasteiger partial charge in [0.1, 0.15) is 11.4 Å². The number of H-pyrrole nitrogens is 1. The zero-order chi connectivity index (χ0) is 20.4. The molecule has 0 fully saturated rings. The number of nitrogens with one attached hydrogen (secondary N) is 2. The van der Waals surface area contributed by atoms with E-state index in [0.29, 0.717) is 5.69 Å². The van der Waals surface area contributed by atoms with Gasteiger partial charge in [0.15, 0.2) is 0 Å². The van der Waals surface area contributed by atoms with E-state index in [1.807, 2.05) is 42.5 Å². The Hall–Kier alpha value is -3.81. The summed E-state index contributed by atoms with van der Waals surface area (Å²) in [6.45, 7) is 0. The number of carbonyl (C=O) groups excluding carboxylic acids is 1. The van der Waals surface area contributed by atoms with Gasteiger partial charge in [-0.05, 0) is 29.0 Å². The smallest absolute Gasteiger partial charge is 0.406 e. The molecule has 0 saturated heterocycles. The number of halogens is 3. The van der Waals surface area contributed by atoms with Crippen LogP contribution in [0.4, 0.5) is 18.9 Å². The number of amides is 1. The van der Waals surface area contributed by atoms with Crippen LogP contribution in [0.5, 0.6) is 5.75 Å². The van der Waals surface area contributed by atoms with Crippen LogP contribution < -0.4 is 10.1 Å². The number of carbonyl (C=O) groups is 1. The molecular formula is C21H14F3N3O2. The van der Waals surface area contributed by atoms with Gasteiger partial charge < -0.3 is 10.1 Å². The molecule has 1 aromatic heterocycles. The second-order valence-electron chi connectivity index (χ2n) is 6.22. The summed E-state index contributed by atoms with van der Waals surface area (Å²) in [6, 6.07) is 20.2. The third kappa shape index (κ3) is 4.21. The van der Waals surface area contributed by atoms with E-state index in [0.717, 1.165) is 28.5 Å². The summed E-state index contributed by atoms with van der Waals surface area (Å²) in [4.78, 5) is 12.5. The predicted molar refractivity (Wildman–Crippen MR) is 103 cm³/mol. The van der Waals surface area contributed by atoms with Crippen LogP contribution in [0.3, 0.4) is 0 Å². The van der Waals surface area contributed by atoms with Gasteiger partial charge >= 0.3 is 6.36 Å². The number of ether oxygens (including phenoxy) is 1. The topological polar surface area (TPSA) is 67.0 Å². The lowest BCUT2D eigenvalue weighted by Gasteiger charge is -2.10. The van der Waals surface area contributed by atoms with E-state index in [4.69, 9.17) is 0 Å². The molecule has 0 atom stereocenters. The van der Waals surface area contributed by atoms with Gasteiger partial charge in [0.2, 0.25) is 0 Å². The Labute approximate surface area is 163 Å². The number of hydrogen-bond donors (Lipinski definition) is 2. The highest BCUT2D eigenvalue weighted by Gasteiger charge is 2.31. The molecule has 29 heavy (non-hydrogen) atoms. The van der Waals surface area contributed by atoms with E-state index in [9.17, 15) is 18.0 Å². The predicted octanol–water partition coefficient (Wildman–Crippen LogP) is 5.38. The Kier molecular flexibility index (Phi) is 4.67. The molecule has 5 nitrogen and oxygen atoms in total. The van der Waals surface area contributed by atoms with E-state index in [2.05, 4.69) is 20.3 Å². The van der Waals surface area contributed by atoms with Crippen molar-refractivity contribution in [3.05, 3.63) is 78.5 Å². The minimum Gasteiger partial charge on any atom is -0.406 e. The standard InChI is InChI=1S/C21H14F3N3O2/c22-21(23,24)29-15-8-4-7-14(11-15)25-20(28)19-12-18(26-27-19)17-10-3-6-13-5-1-2-9-16(13)17/h1-12H,(H,25,28)(H,26,27). The van der Waals surface area contributed by atoms with Crippen LogP contribution in [0.2, 0.25) is 0 Å². The fraction of sp³-hybridized carbons (Fsp3) is 0.0476. The SMILES string of the molecule is O=C(Nc1cccc(OC(F)(F)F)c1)c1cc(-c2cccc3ccccc23)n[nH]1. The lowest BCUT2D eigenvalue weighted by atomic mass is 10.0. The Bertz CT molecular complexity index is 1180. The number of nitrogens with zero attached hydrogens (tertiary/aromatic N) is 1. The van der Waals surface area contributed by atoms with Crippen molar-refractivity contribution in [1.82, 2.24) is 10.2 Å². The fourth-order valence-corrected chi connectivity index (χ4v) is 2.99. The molecule has 0 saturated carbocycles. The molecule has 4 rings (SSSR count). The van der Waals surface area contributed by atoms with Crippen molar-refractivity contribution < 1.29 is 22.7 Å². The summed E-state index contributed by atoms with van der Waals surface area (Å²) in [6.07, 6.45) is -4.81. The number of alkyl halides is 3. The maximum atomic E-state index is 12.5. The van der Waals surface area contributed by atoms with E-state index < -0.39 is 18.0 Å². The lowest BCUT2D eigenvalue weighted by molar-refractivity contribution is -0.274. The van der Waals surface area contributed by atoms with E-state index >= 15 is 0 Å². The van der Waals surface area contributed by atoms with Gasteiger partial charge in [-0.25, -0.2) is 0 Å². The zero-order valence-corrected chi connectivity index (χ0v) is 14.8. The number of benzene rings is 3. The lowest BCUT2D eigenvalue weighted by Crippen LogP contribution is -2.17. The minimum absolute atomic E-state index is 0.165. The molecule has 0 bridgehead atoms. The fourth-order valence-electron chi connectivity index (χ4n) is 2.99. The highest BCUT2D eigenvalue weighted by atomic mass is 19.4.